The van der Waals surface area contributed by atoms with Crippen LogP contribution in [-0.4, -0.2) is 22.4 Å². The van der Waals surface area contributed by atoms with Gasteiger partial charge in [0, 0.05) is 18.3 Å². The summed E-state index contributed by atoms with van der Waals surface area (Å²) in [5, 5.41) is 8.16. The van der Waals surface area contributed by atoms with E-state index in [1.807, 2.05) is 0 Å². The minimum absolute atomic E-state index is 0.747. The molecule has 1 heterocycles. The molecule has 0 bridgehead atoms. The molecule has 2 unspecified atom stereocenters. The normalized spacial score (nSPS) is 24.4. The standard InChI is InChI=1S/C14H25N3/c1-4-15-14-7-5-6-13(14)8-9-17-12(3)10-11(2)16-17/h10,13-15H,4-9H2,1-3H3. The smallest absolute Gasteiger partial charge is 0.0596 e. The van der Waals surface area contributed by atoms with Gasteiger partial charge in [0.25, 0.3) is 0 Å². The Balaban J connectivity index is 1.87. The van der Waals surface area contributed by atoms with Gasteiger partial charge in [-0.25, -0.2) is 0 Å². The van der Waals surface area contributed by atoms with Gasteiger partial charge in [-0.1, -0.05) is 13.3 Å². The Kier molecular flexibility index (Phi) is 4.21. The van der Waals surface area contributed by atoms with Crippen molar-refractivity contribution < 1.29 is 0 Å². The Bertz CT molecular complexity index is 356. The molecule has 1 saturated carbocycles. The molecule has 2 atom stereocenters. The lowest BCUT2D eigenvalue weighted by atomic mass is 9.99. The molecule has 0 amide bonds. The van der Waals surface area contributed by atoms with Crippen molar-refractivity contribution in [3.05, 3.63) is 17.5 Å². The maximum absolute atomic E-state index is 4.54. The molecule has 1 aromatic rings. The second kappa shape index (κ2) is 5.67. The molecule has 2 rings (SSSR count). The third-order valence-corrected chi connectivity index (χ3v) is 3.94. The first kappa shape index (κ1) is 12.6. The zero-order valence-corrected chi connectivity index (χ0v) is 11.4. The molecule has 0 saturated heterocycles. The Hall–Kier alpha value is -0.830. The van der Waals surface area contributed by atoms with Crippen LogP contribution in [0.25, 0.3) is 0 Å². The van der Waals surface area contributed by atoms with Gasteiger partial charge in [-0.3, -0.25) is 4.68 Å². The Labute approximate surface area is 105 Å². The molecule has 96 valence electrons. The first-order valence-electron chi connectivity index (χ1n) is 6.95. The fraction of sp³-hybridized carbons (Fsp3) is 0.786. The van der Waals surface area contributed by atoms with Crippen LogP contribution < -0.4 is 5.32 Å². The summed E-state index contributed by atoms with van der Waals surface area (Å²) in [5.74, 6) is 0.846. The zero-order chi connectivity index (χ0) is 12.3. The highest BCUT2D eigenvalue weighted by atomic mass is 15.3. The lowest BCUT2D eigenvalue weighted by Gasteiger charge is -2.20. The summed E-state index contributed by atoms with van der Waals surface area (Å²) in [7, 11) is 0. The fourth-order valence-corrected chi connectivity index (χ4v) is 3.10. The highest BCUT2D eigenvalue weighted by molar-refractivity contribution is 5.06. The van der Waals surface area contributed by atoms with Crippen molar-refractivity contribution in [3.8, 4) is 0 Å². The van der Waals surface area contributed by atoms with Gasteiger partial charge in [0.05, 0.1) is 5.69 Å². The SMILES string of the molecule is CCNC1CCCC1CCn1nc(C)cc1C. The summed E-state index contributed by atoms with van der Waals surface area (Å²) in [6.45, 7) is 8.60. The molecule has 3 heteroatoms. The number of hydrogen-bond acceptors (Lipinski definition) is 2. The number of hydrogen-bond donors (Lipinski definition) is 1. The van der Waals surface area contributed by atoms with Crippen molar-refractivity contribution >= 4 is 0 Å². The van der Waals surface area contributed by atoms with Crippen LogP contribution >= 0.6 is 0 Å². The number of rotatable bonds is 5. The third kappa shape index (κ3) is 3.09. The first-order chi connectivity index (χ1) is 8.20. The van der Waals surface area contributed by atoms with Gasteiger partial charge in [-0.05, 0) is 51.6 Å². The Morgan fingerprint density at radius 3 is 2.88 bits per heavy atom. The molecule has 1 fully saturated rings. The molecule has 0 radical (unpaired) electrons. The molecule has 0 aromatic carbocycles. The van der Waals surface area contributed by atoms with E-state index in [0.717, 1.165) is 30.7 Å². The highest BCUT2D eigenvalue weighted by Crippen LogP contribution is 2.28. The Morgan fingerprint density at radius 2 is 2.24 bits per heavy atom. The maximum Gasteiger partial charge on any atom is 0.0596 e. The molecule has 0 aliphatic heterocycles. The second-order valence-electron chi connectivity index (χ2n) is 5.29. The summed E-state index contributed by atoms with van der Waals surface area (Å²) in [4.78, 5) is 0. The first-order valence-corrected chi connectivity index (χ1v) is 6.95. The van der Waals surface area contributed by atoms with E-state index in [2.05, 4.69) is 41.9 Å². The minimum atomic E-state index is 0.747. The minimum Gasteiger partial charge on any atom is -0.314 e. The Morgan fingerprint density at radius 1 is 1.41 bits per heavy atom. The lowest BCUT2D eigenvalue weighted by molar-refractivity contribution is 0.357. The van der Waals surface area contributed by atoms with E-state index in [1.165, 1.54) is 31.4 Å². The molecule has 1 aliphatic carbocycles. The van der Waals surface area contributed by atoms with Crippen LogP contribution in [-0.2, 0) is 6.54 Å². The lowest BCUT2D eigenvalue weighted by Crippen LogP contribution is -2.32. The van der Waals surface area contributed by atoms with Crippen LogP contribution in [0.1, 0.15) is 44.0 Å². The van der Waals surface area contributed by atoms with Crippen LogP contribution in [0.4, 0.5) is 0 Å². The molecular formula is C14H25N3. The van der Waals surface area contributed by atoms with Crippen molar-refractivity contribution in [1.82, 2.24) is 15.1 Å². The van der Waals surface area contributed by atoms with Crippen LogP contribution in [0, 0.1) is 19.8 Å². The molecule has 3 nitrogen and oxygen atoms in total. The van der Waals surface area contributed by atoms with Crippen molar-refractivity contribution in [3.63, 3.8) is 0 Å². The molecule has 17 heavy (non-hydrogen) atoms. The predicted molar refractivity (Wildman–Crippen MR) is 71.1 cm³/mol. The number of aromatic nitrogens is 2. The van der Waals surface area contributed by atoms with E-state index in [9.17, 15) is 0 Å². The van der Waals surface area contributed by atoms with Crippen LogP contribution in [0.5, 0.6) is 0 Å². The van der Waals surface area contributed by atoms with Gasteiger partial charge < -0.3 is 5.32 Å². The van der Waals surface area contributed by atoms with Gasteiger partial charge in [0.1, 0.15) is 0 Å². The largest absolute Gasteiger partial charge is 0.314 e. The monoisotopic (exact) mass is 235 g/mol. The highest BCUT2D eigenvalue weighted by Gasteiger charge is 2.26. The summed E-state index contributed by atoms with van der Waals surface area (Å²) >= 11 is 0. The average Bonchev–Trinajstić information content (AvgIpc) is 2.83. The van der Waals surface area contributed by atoms with Gasteiger partial charge in [-0.2, -0.15) is 5.10 Å². The average molecular weight is 235 g/mol. The van der Waals surface area contributed by atoms with Crippen LogP contribution in [0.15, 0.2) is 6.07 Å². The van der Waals surface area contributed by atoms with E-state index < -0.39 is 0 Å². The van der Waals surface area contributed by atoms with Crippen LogP contribution in [0.3, 0.4) is 0 Å². The summed E-state index contributed by atoms with van der Waals surface area (Å²) < 4.78 is 2.16. The number of aryl methyl sites for hydroxylation is 3. The molecule has 1 aromatic heterocycles. The van der Waals surface area contributed by atoms with Gasteiger partial charge in [0.2, 0.25) is 0 Å². The van der Waals surface area contributed by atoms with Gasteiger partial charge in [0.15, 0.2) is 0 Å². The summed E-state index contributed by atoms with van der Waals surface area (Å²) in [6.07, 6.45) is 5.39. The van der Waals surface area contributed by atoms with Crippen LogP contribution in [0.2, 0.25) is 0 Å². The summed E-state index contributed by atoms with van der Waals surface area (Å²) in [5.41, 5.74) is 2.43. The quantitative estimate of drug-likeness (QED) is 0.850. The molecular weight excluding hydrogens is 210 g/mol. The summed E-state index contributed by atoms with van der Waals surface area (Å²) in [6, 6.07) is 2.91. The second-order valence-corrected chi connectivity index (χ2v) is 5.29. The fourth-order valence-electron chi connectivity index (χ4n) is 3.10. The van der Waals surface area contributed by atoms with Gasteiger partial charge in [-0.15, -0.1) is 0 Å². The van der Waals surface area contributed by atoms with E-state index in [0.29, 0.717) is 0 Å². The number of nitrogens with one attached hydrogen (secondary N) is 1. The van der Waals surface area contributed by atoms with E-state index >= 15 is 0 Å². The maximum atomic E-state index is 4.54. The van der Waals surface area contributed by atoms with E-state index in [1.54, 1.807) is 0 Å². The van der Waals surface area contributed by atoms with Crippen molar-refractivity contribution in [2.24, 2.45) is 5.92 Å². The van der Waals surface area contributed by atoms with Crippen molar-refractivity contribution in [1.29, 1.82) is 0 Å². The number of nitrogens with zero attached hydrogens (tertiary/aromatic N) is 2. The van der Waals surface area contributed by atoms with E-state index in [-0.39, 0.29) is 0 Å². The predicted octanol–water partition coefficient (Wildman–Crippen LogP) is 2.67. The third-order valence-electron chi connectivity index (χ3n) is 3.94. The zero-order valence-electron chi connectivity index (χ0n) is 11.4. The van der Waals surface area contributed by atoms with Crippen molar-refractivity contribution in [2.45, 2.75) is 59.0 Å². The molecule has 0 spiro atoms. The topological polar surface area (TPSA) is 29.9 Å². The molecule has 1 aliphatic rings. The van der Waals surface area contributed by atoms with Gasteiger partial charge >= 0.3 is 0 Å². The van der Waals surface area contributed by atoms with E-state index in [4.69, 9.17) is 0 Å². The van der Waals surface area contributed by atoms with Crippen molar-refractivity contribution in [2.75, 3.05) is 6.54 Å². The molecule has 1 N–H and O–H groups in total.